The summed E-state index contributed by atoms with van der Waals surface area (Å²) in [5.41, 5.74) is 11.3. The van der Waals surface area contributed by atoms with Crippen molar-refractivity contribution < 1.29 is 121 Å². The summed E-state index contributed by atoms with van der Waals surface area (Å²) in [6, 6.07) is 28.5. The van der Waals surface area contributed by atoms with E-state index in [1.165, 1.54) is 63.8 Å². The van der Waals surface area contributed by atoms with Gasteiger partial charge in [-0.2, -0.15) is 22.8 Å². The summed E-state index contributed by atoms with van der Waals surface area (Å²) in [6.45, 7) is 24.6. The number of aryl methyl sites for hydroxylation is 1. The van der Waals surface area contributed by atoms with E-state index >= 15 is 0 Å². The fourth-order valence-electron chi connectivity index (χ4n) is 7.34. The van der Waals surface area contributed by atoms with Crippen molar-refractivity contribution in [2.24, 2.45) is 0 Å². The Labute approximate surface area is 493 Å². The fourth-order valence-corrected chi connectivity index (χ4v) is 7.57. The molecule has 0 aliphatic carbocycles. The predicted octanol–water partition coefficient (Wildman–Crippen LogP) is 4.07. The minimum atomic E-state index is -3.11. The van der Waals surface area contributed by atoms with E-state index in [9.17, 15) is 20.2 Å². The zero-order valence-corrected chi connectivity index (χ0v) is 50.1. The summed E-state index contributed by atoms with van der Waals surface area (Å²) < 4.78 is 71.4. The molecule has 0 bridgehead atoms. The van der Waals surface area contributed by atoms with E-state index in [1.807, 2.05) is 6.07 Å². The number of rotatable bonds is 29. The molecular formula is C53H72BrKN4O15S+2. The monoisotopic (exact) mass is 1150 g/mol. The van der Waals surface area contributed by atoms with Crippen LogP contribution in [0.4, 0.5) is 22.7 Å². The molecule has 4 aromatic carbocycles. The van der Waals surface area contributed by atoms with E-state index in [0.29, 0.717) is 106 Å². The third-order valence-corrected chi connectivity index (χ3v) is 12.3. The maximum absolute atomic E-state index is 10.6. The van der Waals surface area contributed by atoms with Crippen LogP contribution >= 0.6 is 15.9 Å². The average molecular weight is 1160 g/mol. The molecule has 2 heterocycles. The van der Waals surface area contributed by atoms with Crippen molar-refractivity contribution in [3.63, 3.8) is 0 Å². The van der Waals surface area contributed by atoms with Gasteiger partial charge in [0.2, 0.25) is 5.69 Å². The van der Waals surface area contributed by atoms with Gasteiger partial charge in [-0.1, -0.05) is 47.0 Å². The first-order chi connectivity index (χ1) is 35.4. The summed E-state index contributed by atoms with van der Waals surface area (Å²) in [5.74, 6) is 0. The van der Waals surface area contributed by atoms with Crippen LogP contribution in [0.2, 0.25) is 0 Å². The first-order valence-electron chi connectivity index (χ1n) is 24.2. The summed E-state index contributed by atoms with van der Waals surface area (Å²) >= 11 is 3.27. The second-order valence-corrected chi connectivity index (χ2v) is 19.0. The van der Waals surface area contributed by atoms with Crippen LogP contribution in [0, 0.1) is 33.2 Å². The number of ether oxygens (including phenoxy) is 8. The molecule has 0 aromatic heterocycles. The molecule has 2 aliphatic rings. The van der Waals surface area contributed by atoms with Crippen LogP contribution in [0.5, 0.6) is 0 Å². The van der Waals surface area contributed by atoms with Gasteiger partial charge in [0, 0.05) is 60.5 Å². The van der Waals surface area contributed by atoms with Crippen molar-refractivity contribution in [3.05, 3.63) is 139 Å². The number of fused-ring (bicyclic) bond motifs is 2. The van der Waals surface area contributed by atoms with Crippen LogP contribution < -0.4 is 56.4 Å². The van der Waals surface area contributed by atoms with Crippen molar-refractivity contribution in [1.82, 2.24) is 0 Å². The number of nitrogens with one attached hydrogen (secondary N) is 1. The van der Waals surface area contributed by atoms with E-state index in [4.69, 9.17) is 50.5 Å². The number of nitro groups is 2. The van der Waals surface area contributed by atoms with Crippen molar-refractivity contribution >= 4 is 60.7 Å². The average Bonchev–Trinajstić information content (AvgIpc) is 3.71. The Morgan fingerprint density at radius 2 is 1.00 bits per heavy atom. The first-order valence-corrected chi connectivity index (χ1v) is 26.3. The molecule has 0 amide bonds. The number of benzene rings is 4. The summed E-state index contributed by atoms with van der Waals surface area (Å²) in [4.78, 5) is 23.7. The summed E-state index contributed by atoms with van der Waals surface area (Å²) in [5, 5.41) is 22.0. The Morgan fingerprint density at radius 3 is 1.41 bits per heavy atom. The predicted molar refractivity (Wildman–Crippen MR) is 283 cm³/mol. The van der Waals surface area contributed by atoms with E-state index < -0.39 is 20.5 Å². The van der Waals surface area contributed by atoms with Gasteiger partial charge in [-0.25, -0.2) is 4.99 Å². The standard InChI is InChI=1S/C27H37N2O6.C15H22BrNO6.C11H12N.K.O3S/c1-21-5-10-26-25(19-21)27(3,4)22(2)28(26)11-12-32-13-14-33-15-16-34-17-18-35-20-23-6-8-24(9-7-23)29(30)31;16-5-6-20-7-8-21-9-10-22-11-12-23-13-14-1-3-15(4-2-14)17(18)19;1-8-11(2,3)9-6-4-5-7-10(9)12-8;;1-4(2)3/h5-10,19H,11-18,20H2,1-4H3;1-4H,5-13H2;5-7H,1-3H3;;/q+1;;-1;+1;/p+1. The number of non-ortho nitro benzene ring substituents is 2. The van der Waals surface area contributed by atoms with Gasteiger partial charge in [-0.3, -0.25) is 20.2 Å². The Morgan fingerprint density at radius 1 is 0.587 bits per heavy atom. The van der Waals surface area contributed by atoms with Gasteiger partial charge < -0.3 is 37.9 Å². The number of nitrogens with zero attached hydrogens (tertiary/aromatic N) is 3. The molecule has 0 radical (unpaired) electrons. The minimum absolute atomic E-state index is 0. The van der Waals surface area contributed by atoms with E-state index in [-0.39, 0.29) is 73.6 Å². The second kappa shape index (κ2) is 37.3. The number of hydrogen-bond acceptors (Lipinski definition) is 15. The Kier molecular flexibility index (Phi) is 33.6. The SMILES string of the molecule is CC1=[N+](CCOCCOCCOCCOCc2ccc([N+](=O)[O-])cc2)c2ccc(C)cc2C1(C)C.CC1=[NH+]c2cc[c-]cc2C1(C)C.O=S(=O)=O.O=[N+]([O-])c1ccc(COCCOCCOCCOCCBr)cc1.[K+]. The second-order valence-electron chi connectivity index (χ2n) is 17.7. The molecule has 0 fully saturated rings. The molecule has 22 heteroatoms. The third-order valence-electron chi connectivity index (χ3n) is 12.0. The number of halogens is 1. The molecule has 6 rings (SSSR count). The van der Waals surface area contributed by atoms with Crippen LogP contribution in [0.3, 0.4) is 0 Å². The van der Waals surface area contributed by atoms with Gasteiger partial charge in [0.25, 0.3) is 11.4 Å². The van der Waals surface area contributed by atoms with Crippen LogP contribution in [-0.2, 0) is 72.5 Å². The van der Waals surface area contributed by atoms with Gasteiger partial charge >= 0.3 is 62.0 Å². The van der Waals surface area contributed by atoms with Crippen molar-refractivity contribution in [2.75, 3.05) is 104 Å². The van der Waals surface area contributed by atoms with E-state index in [1.54, 1.807) is 24.3 Å². The largest absolute Gasteiger partial charge is 1.00 e. The smallest absolute Gasteiger partial charge is 0.378 e. The zero-order valence-electron chi connectivity index (χ0n) is 44.6. The minimum Gasteiger partial charge on any atom is -0.378 e. The fraction of sp³-hybridized carbons (Fsp3) is 0.509. The molecule has 1 N–H and O–H groups in total. The topological polar surface area (TPSA) is 228 Å². The van der Waals surface area contributed by atoms with Crippen LogP contribution in [0.15, 0.2) is 84.9 Å². The van der Waals surface area contributed by atoms with E-state index in [2.05, 4.69) is 110 Å². The molecule has 0 saturated carbocycles. The molecule has 0 unspecified atom stereocenters. The van der Waals surface area contributed by atoms with Crippen molar-refractivity contribution in [2.45, 2.75) is 72.5 Å². The van der Waals surface area contributed by atoms with Crippen molar-refractivity contribution in [1.29, 1.82) is 0 Å². The van der Waals surface area contributed by atoms with Crippen LogP contribution in [0.1, 0.15) is 69.4 Å². The van der Waals surface area contributed by atoms with Crippen LogP contribution in [-0.4, -0.2) is 143 Å². The molecule has 0 spiro atoms. The van der Waals surface area contributed by atoms with E-state index in [0.717, 1.165) is 23.0 Å². The zero-order chi connectivity index (χ0) is 54.4. The van der Waals surface area contributed by atoms with Gasteiger partial charge in [0.15, 0.2) is 12.3 Å². The quantitative estimate of drug-likeness (QED) is 0.0154. The molecule has 0 atom stereocenters. The first kappa shape index (κ1) is 67.5. The summed E-state index contributed by atoms with van der Waals surface area (Å²) in [6.07, 6.45) is 0. The number of nitro benzene ring substituents is 2. The molecule has 4 aromatic rings. The molecule has 19 nitrogen and oxygen atoms in total. The molecular weight excluding hydrogens is 1080 g/mol. The van der Waals surface area contributed by atoms with Crippen molar-refractivity contribution in [3.8, 4) is 0 Å². The Balaban J connectivity index is 0.000000409. The summed E-state index contributed by atoms with van der Waals surface area (Å²) in [7, 11) is -3.11. The molecule has 0 saturated heterocycles. The Hall–Kier alpha value is -3.56. The normalized spacial score (nSPS) is 13.4. The van der Waals surface area contributed by atoms with Gasteiger partial charge in [-0.05, 0) is 62.2 Å². The molecule has 406 valence electrons. The third kappa shape index (κ3) is 25.2. The maximum Gasteiger partial charge on any atom is 1.00 e. The molecule has 2 aliphatic heterocycles. The van der Waals surface area contributed by atoms with Crippen LogP contribution in [0.25, 0.3) is 0 Å². The maximum atomic E-state index is 10.6. The van der Waals surface area contributed by atoms with Gasteiger partial charge in [0.05, 0.1) is 114 Å². The molecule has 75 heavy (non-hydrogen) atoms. The van der Waals surface area contributed by atoms with Gasteiger partial charge in [-0.15, -0.1) is 18.7 Å². The van der Waals surface area contributed by atoms with Gasteiger partial charge in [0.1, 0.15) is 18.0 Å². The number of alkyl halides is 1. The number of hydrogen-bond donors (Lipinski definition) is 1. The Bertz CT molecular complexity index is 2510.